The molecule has 0 aliphatic heterocycles. The van der Waals surface area contributed by atoms with Crippen LogP contribution in [-0.4, -0.2) is 23.0 Å². The van der Waals surface area contributed by atoms with Crippen molar-refractivity contribution >= 4 is 5.97 Å². The second-order valence-electron chi connectivity index (χ2n) is 5.82. The molecule has 0 aliphatic carbocycles. The number of oxazole rings is 1. The zero-order chi connectivity index (χ0) is 19.6. The Hall–Kier alpha value is -3.16. The molecule has 0 unspecified atom stereocenters. The van der Waals surface area contributed by atoms with Crippen LogP contribution in [0.5, 0.6) is 0 Å². The van der Waals surface area contributed by atoms with Crippen LogP contribution in [0.1, 0.15) is 33.2 Å². The summed E-state index contributed by atoms with van der Waals surface area (Å²) >= 11 is 0. The van der Waals surface area contributed by atoms with Crippen molar-refractivity contribution in [2.75, 3.05) is 7.11 Å². The molecule has 3 aromatic rings. The Morgan fingerprint density at radius 1 is 1.15 bits per heavy atom. The summed E-state index contributed by atoms with van der Waals surface area (Å²) in [6.45, 7) is 1.72. The molecule has 27 heavy (non-hydrogen) atoms. The number of halogens is 3. The van der Waals surface area contributed by atoms with Crippen molar-refractivity contribution in [2.24, 2.45) is 0 Å². The normalized spacial score (nSPS) is 11.4. The fraction of sp³-hybridized carbons (Fsp3) is 0.211. The Bertz CT molecular complexity index is 946. The number of benzene rings is 1. The number of carbonyl (C=O) groups is 1. The van der Waals surface area contributed by atoms with E-state index in [0.29, 0.717) is 29.3 Å². The number of esters is 1. The van der Waals surface area contributed by atoms with Crippen molar-refractivity contribution in [3.8, 4) is 11.3 Å². The summed E-state index contributed by atoms with van der Waals surface area (Å²) in [5.41, 5.74) is 1.32. The Morgan fingerprint density at radius 2 is 1.85 bits per heavy atom. The number of rotatable bonds is 4. The van der Waals surface area contributed by atoms with E-state index in [0.717, 1.165) is 17.7 Å². The average molecular weight is 376 g/mol. The smallest absolute Gasteiger partial charge is 0.416 e. The predicted octanol–water partition coefficient (Wildman–Crippen LogP) is 4.44. The van der Waals surface area contributed by atoms with Crippen LogP contribution in [0.25, 0.3) is 11.3 Å². The largest absolute Gasteiger partial charge is 0.464 e. The van der Waals surface area contributed by atoms with Crippen LogP contribution in [0.3, 0.4) is 0 Å². The molecule has 0 aliphatic rings. The van der Waals surface area contributed by atoms with Crippen molar-refractivity contribution in [1.29, 1.82) is 0 Å². The number of methoxy groups -OCH3 is 1. The summed E-state index contributed by atoms with van der Waals surface area (Å²) in [5.74, 6) is 0.283. The quantitative estimate of drug-likeness (QED) is 0.630. The number of nitrogens with zero attached hydrogens (tertiary/aromatic N) is 2. The summed E-state index contributed by atoms with van der Waals surface area (Å²) in [6, 6.07) is 7.96. The van der Waals surface area contributed by atoms with Crippen molar-refractivity contribution < 1.29 is 27.1 Å². The molecule has 8 heteroatoms. The summed E-state index contributed by atoms with van der Waals surface area (Å²) in [6.07, 6.45) is -2.54. The molecule has 0 spiro atoms. The lowest BCUT2D eigenvalue weighted by Crippen LogP contribution is -2.04. The lowest BCUT2D eigenvalue weighted by atomic mass is 10.1. The van der Waals surface area contributed by atoms with E-state index in [1.54, 1.807) is 13.0 Å². The average Bonchev–Trinajstić information content (AvgIpc) is 3.01. The molecule has 140 valence electrons. The topological polar surface area (TPSA) is 65.2 Å². The number of hydrogen-bond acceptors (Lipinski definition) is 5. The van der Waals surface area contributed by atoms with Gasteiger partial charge in [-0.3, -0.25) is 0 Å². The van der Waals surface area contributed by atoms with Gasteiger partial charge in [-0.25, -0.2) is 14.8 Å². The molecule has 2 heterocycles. The molecular weight excluding hydrogens is 361 g/mol. The Balaban J connectivity index is 1.79. The van der Waals surface area contributed by atoms with Gasteiger partial charge in [-0.05, 0) is 30.7 Å². The summed E-state index contributed by atoms with van der Waals surface area (Å²) in [5, 5.41) is 0. The number of pyridine rings is 1. The van der Waals surface area contributed by atoms with Crippen LogP contribution in [0.4, 0.5) is 13.2 Å². The molecule has 0 saturated heterocycles. The van der Waals surface area contributed by atoms with Crippen molar-refractivity contribution in [3.63, 3.8) is 0 Å². The highest BCUT2D eigenvalue weighted by Crippen LogP contribution is 2.32. The number of hydrogen-bond donors (Lipinski definition) is 0. The van der Waals surface area contributed by atoms with Crippen LogP contribution < -0.4 is 0 Å². The first kappa shape index (κ1) is 18.6. The van der Waals surface area contributed by atoms with Crippen LogP contribution in [-0.2, 0) is 17.3 Å². The third-order valence-electron chi connectivity index (χ3n) is 3.89. The van der Waals surface area contributed by atoms with Gasteiger partial charge in [0.25, 0.3) is 0 Å². The molecule has 0 N–H and O–H groups in total. The van der Waals surface area contributed by atoms with E-state index in [-0.39, 0.29) is 5.69 Å². The monoisotopic (exact) mass is 376 g/mol. The molecule has 0 fully saturated rings. The van der Waals surface area contributed by atoms with Gasteiger partial charge in [0.1, 0.15) is 5.69 Å². The molecule has 0 amide bonds. The van der Waals surface area contributed by atoms with E-state index in [1.807, 2.05) is 0 Å². The first-order valence-electron chi connectivity index (χ1n) is 7.95. The van der Waals surface area contributed by atoms with Crippen LogP contribution >= 0.6 is 0 Å². The third kappa shape index (κ3) is 4.16. The molecule has 0 bridgehead atoms. The summed E-state index contributed by atoms with van der Waals surface area (Å²) in [4.78, 5) is 19.7. The zero-order valence-corrected chi connectivity index (χ0v) is 14.5. The van der Waals surface area contributed by atoms with E-state index in [1.165, 1.54) is 31.5 Å². The molecule has 0 saturated carbocycles. The minimum atomic E-state index is -4.39. The minimum absolute atomic E-state index is 0.190. The summed E-state index contributed by atoms with van der Waals surface area (Å²) < 4.78 is 48.3. The number of aryl methyl sites for hydroxylation is 1. The van der Waals surface area contributed by atoms with Gasteiger partial charge in [-0.1, -0.05) is 18.2 Å². The Labute approximate surface area is 152 Å². The van der Waals surface area contributed by atoms with Crippen LogP contribution in [0, 0.1) is 6.92 Å². The fourth-order valence-corrected chi connectivity index (χ4v) is 2.54. The van der Waals surface area contributed by atoms with E-state index in [2.05, 4.69) is 14.7 Å². The second-order valence-corrected chi connectivity index (χ2v) is 5.82. The number of carbonyl (C=O) groups excluding carboxylic acids is 1. The molecule has 3 rings (SSSR count). The van der Waals surface area contributed by atoms with Gasteiger partial charge in [0, 0.05) is 11.8 Å². The number of aromatic nitrogens is 2. The van der Waals surface area contributed by atoms with E-state index in [9.17, 15) is 18.0 Å². The van der Waals surface area contributed by atoms with Gasteiger partial charge >= 0.3 is 12.1 Å². The van der Waals surface area contributed by atoms with Gasteiger partial charge in [0.15, 0.2) is 11.7 Å². The van der Waals surface area contributed by atoms with E-state index >= 15 is 0 Å². The number of alkyl halides is 3. The SMILES string of the molecule is COC(=O)c1ccc(Cc2nc(C)c(-c3ccc(C(F)(F)F)cc3)o2)cn1. The van der Waals surface area contributed by atoms with E-state index < -0.39 is 17.7 Å². The van der Waals surface area contributed by atoms with Crippen molar-refractivity contribution in [3.05, 3.63) is 71.0 Å². The molecule has 1 aromatic carbocycles. The minimum Gasteiger partial charge on any atom is -0.464 e. The highest BCUT2D eigenvalue weighted by atomic mass is 19.4. The highest BCUT2D eigenvalue weighted by molar-refractivity contribution is 5.86. The third-order valence-corrected chi connectivity index (χ3v) is 3.89. The molecule has 2 aromatic heterocycles. The van der Waals surface area contributed by atoms with Crippen molar-refractivity contribution in [2.45, 2.75) is 19.5 Å². The maximum absolute atomic E-state index is 12.7. The molecule has 0 atom stereocenters. The Kier molecular flexibility index (Phi) is 4.98. The Morgan fingerprint density at radius 3 is 2.41 bits per heavy atom. The molecular formula is C19H15F3N2O3. The lowest BCUT2D eigenvalue weighted by Gasteiger charge is -2.06. The first-order chi connectivity index (χ1) is 12.8. The predicted molar refractivity (Wildman–Crippen MR) is 90.1 cm³/mol. The van der Waals surface area contributed by atoms with Gasteiger partial charge < -0.3 is 9.15 Å². The zero-order valence-electron chi connectivity index (χ0n) is 14.5. The van der Waals surface area contributed by atoms with Gasteiger partial charge in [-0.2, -0.15) is 13.2 Å². The standard InChI is InChI=1S/C19H15F3N2O3/c1-11-17(13-4-6-14(7-5-13)19(20,21)22)27-16(24-11)9-12-3-8-15(23-10-12)18(25)26-2/h3-8,10H,9H2,1-2H3. The maximum atomic E-state index is 12.7. The van der Waals surface area contributed by atoms with E-state index in [4.69, 9.17) is 4.42 Å². The number of ether oxygens (including phenoxy) is 1. The van der Waals surface area contributed by atoms with Crippen LogP contribution in [0.15, 0.2) is 47.0 Å². The molecule has 0 radical (unpaired) electrons. The fourth-order valence-electron chi connectivity index (χ4n) is 2.54. The summed E-state index contributed by atoms with van der Waals surface area (Å²) in [7, 11) is 1.27. The first-order valence-corrected chi connectivity index (χ1v) is 7.95. The second kappa shape index (κ2) is 7.22. The maximum Gasteiger partial charge on any atom is 0.416 e. The van der Waals surface area contributed by atoms with Crippen molar-refractivity contribution in [1.82, 2.24) is 9.97 Å². The molecule has 5 nitrogen and oxygen atoms in total. The highest BCUT2D eigenvalue weighted by Gasteiger charge is 2.30. The van der Waals surface area contributed by atoms with Gasteiger partial charge in [-0.15, -0.1) is 0 Å². The lowest BCUT2D eigenvalue weighted by molar-refractivity contribution is -0.137. The van der Waals surface area contributed by atoms with Gasteiger partial charge in [0.2, 0.25) is 0 Å². The van der Waals surface area contributed by atoms with Gasteiger partial charge in [0.05, 0.1) is 24.8 Å². The van der Waals surface area contributed by atoms with Crippen LogP contribution in [0.2, 0.25) is 0 Å².